The van der Waals surface area contributed by atoms with Gasteiger partial charge in [-0.05, 0) is 49.6 Å². The van der Waals surface area contributed by atoms with Gasteiger partial charge in [0.25, 0.3) is 5.91 Å². The van der Waals surface area contributed by atoms with Gasteiger partial charge in [-0.3, -0.25) is 4.79 Å². The molecule has 94 valence electrons. The molecule has 17 heavy (non-hydrogen) atoms. The van der Waals surface area contributed by atoms with E-state index in [1.54, 1.807) is 0 Å². The molecule has 0 bridgehead atoms. The predicted molar refractivity (Wildman–Crippen MR) is 68.2 cm³/mol. The Balaban J connectivity index is 1.93. The number of rotatable bonds is 3. The molecular formula is C12H19N3OS. The summed E-state index contributed by atoms with van der Waals surface area (Å²) in [6.07, 6.45) is 5.39. The number of hydrogen-bond donors (Lipinski definition) is 1. The predicted octanol–water partition coefficient (Wildman–Crippen LogP) is 2.41. The highest BCUT2D eigenvalue weighted by Gasteiger charge is 2.22. The lowest BCUT2D eigenvalue weighted by Gasteiger charge is -2.26. The van der Waals surface area contributed by atoms with Crippen molar-refractivity contribution in [3.05, 3.63) is 10.6 Å². The van der Waals surface area contributed by atoms with Gasteiger partial charge in [0.05, 0.1) is 5.69 Å². The molecular weight excluding hydrogens is 234 g/mol. The Bertz CT molecular complexity index is 383. The highest BCUT2D eigenvalue weighted by Crippen LogP contribution is 2.24. The molecule has 1 amide bonds. The number of amides is 1. The van der Waals surface area contributed by atoms with Crippen LogP contribution in [-0.4, -0.2) is 21.5 Å². The van der Waals surface area contributed by atoms with Crippen LogP contribution in [0, 0.1) is 5.92 Å². The van der Waals surface area contributed by atoms with E-state index in [-0.39, 0.29) is 5.91 Å². The highest BCUT2D eigenvalue weighted by molar-refractivity contribution is 7.08. The normalized spacial score (nSPS) is 24.6. The number of aryl methyl sites for hydroxylation is 1. The van der Waals surface area contributed by atoms with E-state index in [4.69, 9.17) is 0 Å². The monoisotopic (exact) mass is 253 g/mol. The Morgan fingerprint density at radius 2 is 2.12 bits per heavy atom. The summed E-state index contributed by atoms with van der Waals surface area (Å²) in [5.41, 5.74) is 0.816. The molecule has 1 aromatic rings. The first kappa shape index (κ1) is 12.5. The molecule has 1 heterocycles. The van der Waals surface area contributed by atoms with Crippen LogP contribution < -0.4 is 5.32 Å². The van der Waals surface area contributed by atoms with Gasteiger partial charge in [0.1, 0.15) is 4.88 Å². The smallest absolute Gasteiger partial charge is 0.265 e. The Morgan fingerprint density at radius 3 is 2.76 bits per heavy atom. The Morgan fingerprint density at radius 1 is 1.41 bits per heavy atom. The summed E-state index contributed by atoms with van der Waals surface area (Å²) in [6.45, 7) is 4.27. The SMILES string of the molecule is CCc1nnsc1C(=O)NC1CCC(C)CC1. The number of hydrogen-bond acceptors (Lipinski definition) is 4. The summed E-state index contributed by atoms with van der Waals surface area (Å²) < 4.78 is 3.85. The minimum Gasteiger partial charge on any atom is -0.349 e. The molecule has 5 heteroatoms. The lowest BCUT2D eigenvalue weighted by Crippen LogP contribution is -2.37. The van der Waals surface area contributed by atoms with Crippen LogP contribution in [0.2, 0.25) is 0 Å². The molecule has 2 rings (SSSR count). The van der Waals surface area contributed by atoms with Gasteiger partial charge >= 0.3 is 0 Å². The van der Waals surface area contributed by atoms with Crippen LogP contribution in [0.3, 0.4) is 0 Å². The van der Waals surface area contributed by atoms with Crippen LogP contribution in [0.15, 0.2) is 0 Å². The fourth-order valence-electron chi connectivity index (χ4n) is 2.27. The molecule has 0 radical (unpaired) electrons. The van der Waals surface area contributed by atoms with Gasteiger partial charge in [-0.2, -0.15) is 0 Å². The van der Waals surface area contributed by atoms with Crippen LogP contribution in [0.1, 0.15) is 54.9 Å². The zero-order chi connectivity index (χ0) is 12.3. The molecule has 1 saturated carbocycles. The molecule has 1 fully saturated rings. The van der Waals surface area contributed by atoms with Crippen LogP contribution in [0.25, 0.3) is 0 Å². The van der Waals surface area contributed by atoms with Crippen molar-refractivity contribution in [1.29, 1.82) is 0 Å². The minimum atomic E-state index is 0.0106. The third-order valence-corrected chi connectivity index (χ3v) is 4.21. The van der Waals surface area contributed by atoms with Crippen molar-refractivity contribution in [2.45, 2.75) is 52.0 Å². The average Bonchev–Trinajstić information content (AvgIpc) is 2.80. The summed E-state index contributed by atoms with van der Waals surface area (Å²) in [5, 5.41) is 7.08. The van der Waals surface area contributed by atoms with Gasteiger partial charge in [-0.25, -0.2) is 0 Å². The topological polar surface area (TPSA) is 54.9 Å². The molecule has 1 aromatic heterocycles. The van der Waals surface area contributed by atoms with E-state index >= 15 is 0 Å². The van der Waals surface area contributed by atoms with Crippen molar-refractivity contribution < 1.29 is 4.79 Å². The van der Waals surface area contributed by atoms with Crippen LogP contribution in [0.4, 0.5) is 0 Å². The maximum absolute atomic E-state index is 12.1. The molecule has 1 N–H and O–H groups in total. The van der Waals surface area contributed by atoms with Gasteiger partial charge < -0.3 is 5.32 Å². The summed E-state index contributed by atoms with van der Waals surface area (Å²) in [6, 6.07) is 0.338. The van der Waals surface area contributed by atoms with Crippen molar-refractivity contribution in [2.75, 3.05) is 0 Å². The zero-order valence-corrected chi connectivity index (χ0v) is 11.2. The van der Waals surface area contributed by atoms with Crippen molar-refractivity contribution in [3.8, 4) is 0 Å². The molecule has 0 atom stereocenters. The van der Waals surface area contributed by atoms with Crippen LogP contribution in [0.5, 0.6) is 0 Å². The van der Waals surface area contributed by atoms with E-state index in [0.29, 0.717) is 10.9 Å². The molecule has 0 unspecified atom stereocenters. The number of nitrogens with zero attached hydrogens (tertiary/aromatic N) is 2. The fourth-order valence-corrected chi connectivity index (χ4v) is 2.92. The van der Waals surface area contributed by atoms with Crippen LogP contribution >= 0.6 is 11.5 Å². The lowest BCUT2D eigenvalue weighted by molar-refractivity contribution is 0.0926. The first-order valence-electron chi connectivity index (χ1n) is 6.32. The fraction of sp³-hybridized carbons (Fsp3) is 0.750. The van der Waals surface area contributed by atoms with Crippen molar-refractivity contribution in [1.82, 2.24) is 14.9 Å². The summed E-state index contributed by atoms with van der Waals surface area (Å²) in [4.78, 5) is 12.7. The maximum atomic E-state index is 12.1. The van der Waals surface area contributed by atoms with Gasteiger partial charge in [-0.15, -0.1) is 5.10 Å². The molecule has 0 saturated heterocycles. The molecule has 1 aliphatic carbocycles. The zero-order valence-electron chi connectivity index (χ0n) is 10.4. The van der Waals surface area contributed by atoms with Crippen molar-refractivity contribution in [3.63, 3.8) is 0 Å². The average molecular weight is 253 g/mol. The molecule has 4 nitrogen and oxygen atoms in total. The Labute approximate surface area is 106 Å². The molecule has 1 aliphatic rings. The first-order valence-corrected chi connectivity index (χ1v) is 7.10. The quantitative estimate of drug-likeness (QED) is 0.900. The summed E-state index contributed by atoms with van der Waals surface area (Å²) >= 11 is 1.20. The van der Waals surface area contributed by atoms with Gasteiger partial charge in [0.15, 0.2) is 0 Å². The van der Waals surface area contributed by atoms with E-state index in [1.165, 1.54) is 24.4 Å². The van der Waals surface area contributed by atoms with Crippen molar-refractivity contribution in [2.24, 2.45) is 5.92 Å². The second-order valence-electron chi connectivity index (χ2n) is 4.83. The minimum absolute atomic E-state index is 0.0106. The van der Waals surface area contributed by atoms with Crippen molar-refractivity contribution >= 4 is 17.4 Å². The third kappa shape index (κ3) is 3.03. The van der Waals surface area contributed by atoms with E-state index in [1.807, 2.05) is 6.92 Å². The van der Waals surface area contributed by atoms with Gasteiger partial charge in [-0.1, -0.05) is 18.3 Å². The standard InChI is InChI=1S/C12H19N3OS/c1-3-10-11(17-15-14-10)12(16)13-9-6-4-8(2)5-7-9/h8-9H,3-7H2,1-2H3,(H,13,16). The Hall–Kier alpha value is -0.970. The summed E-state index contributed by atoms with van der Waals surface area (Å²) in [7, 11) is 0. The lowest BCUT2D eigenvalue weighted by atomic mass is 9.87. The second kappa shape index (κ2) is 5.58. The Kier molecular flexibility index (Phi) is 4.10. The second-order valence-corrected chi connectivity index (χ2v) is 5.59. The van der Waals surface area contributed by atoms with Gasteiger partial charge in [0, 0.05) is 6.04 Å². The number of nitrogens with one attached hydrogen (secondary N) is 1. The largest absolute Gasteiger partial charge is 0.349 e. The number of carbonyl (C=O) groups excluding carboxylic acids is 1. The highest BCUT2D eigenvalue weighted by atomic mass is 32.1. The molecule has 0 aromatic carbocycles. The summed E-state index contributed by atoms with van der Waals surface area (Å²) in [5.74, 6) is 0.816. The maximum Gasteiger partial charge on any atom is 0.265 e. The van der Waals surface area contributed by atoms with E-state index in [0.717, 1.165) is 30.9 Å². The number of carbonyl (C=O) groups is 1. The number of aromatic nitrogens is 2. The van der Waals surface area contributed by atoms with Gasteiger partial charge in [0.2, 0.25) is 0 Å². The van der Waals surface area contributed by atoms with E-state index < -0.39 is 0 Å². The molecule has 0 spiro atoms. The van der Waals surface area contributed by atoms with E-state index in [9.17, 15) is 4.79 Å². The van der Waals surface area contributed by atoms with E-state index in [2.05, 4.69) is 21.8 Å². The van der Waals surface area contributed by atoms with Crippen LogP contribution in [-0.2, 0) is 6.42 Å². The third-order valence-electron chi connectivity index (χ3n) is 3.45. The molecule has 0 aliphatic heterocycles. The first-order chi connectivity index (χ1) is 8.20.